The predicted molar refractivity (Wildman–Crippen MR) is 102 cm³/mol. The van der Waals surface area contributed by atoms with Gasteiger partial charge in [0.25, 0.3) is 0 Å². The maximum atomic E-state index is 13.1. The minimum atomic E-state index is -0.997. The molecule has 144 valence electrons. The number of benzene rings is 2. The summed E-state index contributed by atoms with van der Waals surface area (Å²) in [5.74, 6) is -2.53. The smallest absolute Gasteiger partial charge is 0.313 e. The molecule has 0 radical (unpaired) electrons. The molecule has 0 saturated heterocycles. The molecule has 2 amide bonds. The van der Waals surface area contributed by atoms with Crippen molar-refractivity contribution < 1.29 is 19.1 Å². The van der Waals surface area contributed by atoms with Crippen molar-refractivity contribution in [3.63, 3.8) is 0 Å². The zero-order valence-electron chi connectivity index (χ0n) is 14.5. The van der Waals surface area contributed by atoms with Crippen LogP contribution in [0.1, 0.15) is 11.7 Å². The van der Waals surface area contributed by atoms with E-state index in [1.807, 2.05) is 0 Å². The fourth-order valence-electron chi connectivity index (χ4n) is 2.42. The first-order valence-corrected chi connectivity index (χ1v) is 8.64. The van der Waals surface area contributed by atoms with Crippen LogP contribution in [-0.2, 0) is 9.59 Å². The van der Waals surface area contributed by atoms with Gasteiger partial charge in [0.2, 0.25) is 0 Å². The quantitative estimate of drug-likeness (QED) is 0.571. The Kier molecular flexibility index (Phi) is 6.03. The van der Waals surface area contributed by atoms with Crippen molar-refractivity contribution in [3.05, 3.63) is 77.3 Å². The van der Waals surface area contributed by atoms with Crippen molar-refractivity contribution in [1.82, 2.24) is 15.1 Å². The lowest BCUT2D eigenvalue weighted by Gasteiger charge is -2.13. The first-order chi connectivity index (χ1) is 13.4. The molecule has 3 rings (SSSR count). The summed E-state index contributed by atoms with van der Waals surface area (Å²) in [5.41, 5.74) is 1.57. The molecule has 0 spiro atoms. The zero-order chi connectivity index (χ0) is 20.1. The molecule has 0 aliphatic heterocycles. The monoisotopic (exact) mass is 402 g/mol. The van der Waals surface area contributed by atoms with Gasteiger partial charge in [0.1, 0.15) is 5.82 Å². The summed E-state index contributed by atoms with van der Waals surface area (Å²) in [6, 6.07) is 12.3. The number of aliphatic hydroxyl groups excluding tert-OH is 1. The van der Waals surface area contributed by atoms with Gasteiger partial charge in [0, 0.05) is 24.6 Å². The summed E-state index contributed by atoms with van der Waals surface area (Å²) in [6.07, 6.45) is 2.45. The Labute approximate surface area is 164 Å². The number of rotatable bonds is 5. The molecular weight excluding hydrogens is 387 g/mol. The van der Waals surface area contributed by atoms with E-state index in [0.717, 1.165) is 11.8 Å². The van der Waals surface area contributed by atoms with Crippen molar-refractivity contribution in [2.75, 3.05) is 11.9 Å². The fourth-order valence-corrected chi connectivity index (χ4v) is 2.60. The fraction of sp³-hybridized carbons (Fsp3) is 0.105. The number of amides is 2. The van der Waals surface area contributed by atoms with E-state index in [-0.39, 0.29) is 17.3 Å². The zero-order valence-corrected chi connectivity index (χ0v) is 15.2. The van der Waals surface area contributed by atoms with E-state index in [9.17, 15) is 19.1 Å². The summed E-state index contributed by atoms with van der Waals surface area (Å²) in [7, 11) is 0. The number of nitrogens with zero attached hydrogens (tertiary/aromatic N) is 2. The summed E-state index contributed by atoms with van der Waals surface area (Å²) in [6.45, 7) is -0.155. The van der Waals surface area contributed by atoms with Gasteiger partial charge in [0.05, 0.1) is 16.8 Å². The van der Waals surface area contributed by atoms with Crippen molar-refractivity contribution >= 4 is 29.1 Å². The molecule has 0 fully saturated rings. The molecule has 2 aromatic carbocycles. The second-order valence-electron chi connectivity index (χ2n) is 5.85. The number of aromatic nitrogens is 2. The number of hydrogen-bond acceptors (Lipinski definition) is 4. The van der Waals surface area contributed by atoms with Crippen LogP contribution in [0.15, 0.2) is 60.9 Å². The van der Waals surface area contributed by atoms with Gasteiger partial charge in [0.15, 0.2) is 0 Å². The van der Waals surface area contributed by atoms with Crippen LogP contribution in [0.2, 0.25) is 5.02 Å². The molecule has 1 atom stereocenters. The number of hydrogen-bond donors (Lipinski definition) is 3. The van der Waals surface area contributed by atoms with Gasteiger partial charge in [-0.2, -0.15) is 5.10 Å². The van der Waals surface area contributed by atoms with Gasteiger partial charge in [-0.05, 0) is 42.0 Å². The Morgan fingerprint density at radius 3 is 2.57 bits per heavy atom. The SMILES string of the molecule is O=C(NCC(O)c1ccc(-n2cccn2)cc1)C(=O)Nc1ccc(F)c(Cl)c1. The highest BCUT2D eigenvalue weighted by molar-refractivity contribution is 6.39. The van der Waals surface area contributed by atoms with E-state index >= 15 is 0 Å². The van der Waals surface area contributed by atoms with Gasteiger partial charge in [-0.25, -0.2) is 9.07 Å². The van der Waals surface area contributed by atoms with Gasteiger partial charge in [-0.15, -0.1) is 0 Å². The summed E-state index contributed by atoms with van der Waals surface area (Å²) < 4.78 is 14.8. The molecule has 1 heterocycles. The molecule has 3 aromatic rings. The first kappa shape index (κ1) is 19.5. The number of carbonyl (C=O) groups excluding carboxylic acids is 2. The summed E-state index contributed by atoms with van der Waals surface area (Å²) >= 11 is 5.63. The molecule has 1 unspecified atom stereocenters. The van der Waals surface area contributed by atoms with Crippen LogP contribution in [0.3, 0.4) is 0 Å². The number of nitrogens with one attached hydrogen (secondary N) is 2. The maximum absolute atomic E-state index is 13.1. The molecule has 7 nitrogen and oxygen atoms in total. The number of anilines is 1. The Bertz CT molecular complexity index is 977. The minimum Gasteiger partial charge on any atom is -0.387 e. The normalized spacial score (nSPS) is 11.7. The third kappa shape index (κ3) is 4.73. The molecule has 0 aliphatic rings. The second kappa shape index (κ2) is 8.64. The van der Waals surface area contributed by atoms with E-state index in [4.69, 9.17) is 11.6 Å². The number of carbonyl (C=O) groups is 2. The highest BCUT2D eigenvalue weighted by Crippen LogP contribution is 2.19. The summed E-state index contributed by atoms with van der Waals surface area (Å²) in [4.78, 5) is 23.8. The Balaban J connectivity index is 1.53. The largest absolute Gasteiger partial charge is 0.387 e. The maximum Gasteiger partial charge on any atom is 0.313 e. The molecule has 3 N–H and O–H groups in total. The Hall–Kier alpha value is -3.23. The van der Waals surface area contributed by atoms with Crippen LogP contribution < -0.4 is 10.6 Å². The Morgan fingerprint density at radius 2 is 1.93 bits per heavy atom. The highest BCUT2D eigenvalue weighted by atomic mass is 35.5. The van der Waals surface area contributed by atoms with Crippen LogP contribution in [0.4, 0.5) is 10.1 Å². The lowest BCUT2D eigenvalue weighted by Crippen LogP contribution is -2.37. The van der Waals surface area contributed by atoms with Crippen LogP contribution in [-0.4, -0.2) is 33.2 Å². The molecule has 1 aromatic heterocycles. The van der Waals surface area contributed by atoms with E-state index in [2.05, 4.69) is 15.7 Å². The third-order valence-electron chi connectivity index (χ3n) is 3.89. The number of aliphatic hydroxyl groups is 1. The van der Waals surface area contributed by atoms with Crippen molar-refractivity contribution in [1.29, 1.82) is 0 Å². The third-order valence-corrected chi connectivity index (χ3v) is 4.18. The standard InChI is InChI=1S/C19H16ClFN4O3/c20-15-10-13(4-7-16(15)21)24-19(28)18(27)22-11-17(26)12-2-5-14(6-3-12)25-9-1-8-23-25/h1-10,17,26H,11H2,(H,22,27)(H,24,28). The summed E-state index contributed by atoms with van der Waals surface area (Å²) in [5, 5.41) is 18.8. The van der Waals surface area contributed by atoms with Crippen molar-refractivity contribution in [2.45, 2.75) is 6.10 Å². The van der Waals surface area contributed by atoms with Crippen LogP contribution in [0.25, 0.3) is 5.69 Å². The molecule has 28 heavy (non-hydrogen) atoms. The van der Waals surface area contributed by atoms with Crippen molar-refractivity contribution in [3.8, 4) is 5.69 Å². The van der Waals surface area contributed by atoms with E-state index in [0.29, 0.717) is 5.56 Å². The molecule has 9 heteroatoms. The molecule has 0 aliphatic carbocycles. The van der Waals surface area contributed by atoms with E-state index in [1.165, 1.54) is 12.1 Å². The molecular formula is C19H16ClFN4O3. The van der Waals surface area contributed by atoms with E-state index in [1.54, 1.807) is 47.4 Å². The second-order valence-corrected chi connectivity index (χ2v) is 6.26. The predicted octanol–water partition coefficient (Wildman–Crippen LogP) is 2.45. The van der Waals surface area contributed by atoms with E-state index < -0.39 is 23.7 Å². The van der Waals surface area contributed by atoms with Gasteiger partial charge in [-0.1, -0.05) is 23.7 Å². The lowest BCUT2D eigenvalue weighted by atomic mass is 10.1. The lowest BCUT2D eigenvalue weighted by molar-refractivity contribution is -0.136. The first-order valence-electron chi connectivity index (χ1n) is 8.26. The average Bonchev–Trinajstić information content (AvgIpc) is 3.23. The molecule has 0 saturated carbocycles. The highest BCUT2D eigenvalue weighted by Gasteiger charge is 2.16. The van der Waals surface area contributed by atoms with Crippen LogP contribution in [0, 0.1) is 5.82 Å². The van der Waals surface area contributed by atoms with Gasteiger partial charge in [-0.3, -0.25) is 9.59 Å². The average molecular weight is 403 g/mol. The van der Waals surface area contributed by atoms with Crippen LogP contribution in [0.5, 0.6) is 0 Å². The minimum absolute atomic E-state index is 0.155. The van der Waals surface area contributed by atoms with Crippen molar-refractivity contribution in [2.24, 2.45) is 0 Å². The Morgan fingerprint density at radius 1 is 1.18 bits per heavy atom. The topological polar surface area (TPSA) is 96.2 Å². The molecule has 0 bridgehead atoms. The van der Waals surface area contributed by atoms with Gasteiger partial charge < -0.3 is 15.7 Å². The number of halogens is 2. The van der Waals surface area contributed by atoms with Crippen LogP contribution >= 0.6 is 11.6 Å². The van der Waals surface area contributed by atoms with Gasteiger partial charge >= 0.3 is 11.8 Å².